The predicted octanol–water partition coefficient (Wildman–Crippen LogP) is 2.04. The average Bonchev–Trinajstić information content (AvgIpc) is 2.03. The molecule has 5 heteroatoms. The number of rotatable bonds is 1. The van der Waals surface area contributed by atoms with Crippen molar-refractivity contribution < 1.29 is 9.90 Å². The van der Waals surface area contributed by atoms with Crippen molar-refractivity contribution in [3.05, 3.63) is 0 Å². The van der Waals surface area contributed by atoms with Crippen molar-refractivity contribution in [3.63, 3.8) is 0 Å². The van der Waals surface area contributed by atoms with Crippen molar-refractivity contribution in [1.29, 1.82) is 5.41 Å². The van der Waals surface area contributed by atoms with Crippen LogP contribution in [0, 0.1) is 5.41 Å². The molecule has 0 spiro atoms. The maximum atomic E-state index is 9.00. The van der Waals surface area contributed by atoms with Gasteiger partial charge in [-0.25, -0.2) is 0 Å². The maximum absolute atomic E-state index is 9.00. The second-order valence-electron chi connectivity index (χ2n) is 3.26. The number of hydrogen-bond acceptors (Lipinski definition) is 3. The summed E-state index contributed by atoms with van der Waals surface area (Å²) in [5.74, 6) is -0.833. The zero-order valence-electron chi connectivity index (χ0n) is 8.45. The molecule has 0 atom stereocenters. The monoisotopic (exact) mass is 218 g/mol. The van der Waals surface area contributed by atoms with E-state index in [1.165, 1.54) is 43.9 Å². The largest absolute Gasteiger partial charge is 0.481 e. The van der Waals surface area contributed by atoms with E-state index in [-0.39, 0.29) is 5.17 Å². The highest BCUT2D eigenvalue weighted by Gasteiger charge is 2.14. The number of hydrogen-bond donors (Lipinski definition) is 3. The van der Waals surface area contributed by atoms with Crippen LogP contribution in [0.5, 0.6) is 0 Å². The third kappa shape index (κ3) is 9.38. The van der Waals surface area contributed by atoms with Gasteiger partial charge in [0.2, 0.25) is 0 Å². The topological polar surface area (TPSA) is 87.2 Å². The van der Waals surface area contributed by atoms with Gasteiger partial charge in [-0.15, -0.1) is 0 Å². The molecule has 0 unspecified atom stereocenters. The van der Waals surface area contributed by atoms with Gasteiger partial charge in [0.15, 0.2) is 5.17 Å². The van der Waals surface area contributed by atoms with E-state index in [1.807, 2.05) is 0 Å². The van der Waals surface area contributed by atoms with Crippen LogP contribution in [-0.2, 0) is 4.79 Å². The summed E-state index contributed by atoms with van der Waals surface area (Å²) in [4.78, 5) is 9.00. The van der Waals surface area contributed by atoms with Gasteiger partial charge in [-0.3, -0.25) is 10.2 Å². The Morgan fingerprint density at radius 2 is 1.86 bits per heavy atom. The van der Waals surface area contributed by atoms with Gasteiger partial charge in [0.05, 0.1) is 0 Å². The predicted molar refractivity (Wildman–Crippen MR) is 59.7 cm³/mol. The maximum Gasteiger partial charge on any atom is 0.300 e. The Kier molecular flexibility index (Phi) is 7.28. The van der Waals surface area contributed by atoms with Gasteiger partial charge in [0.25, 0.3) is 5.97 Å². The van der Waals surface area contributed by atoms with Gasteiger partial charge in [-0.1, -0.05) is 31.0 Å². The Hall–Kier alpha value is -0.710. The lowest BCUT2D eigenvalue weighted by Gasteiger charge is -2.19. The third-order valence-electron chi connectivity index (χ3n) is 1.85. The Balaban J connectivity index is 0.000000364. The normalized spacial score (nSPS) is 16.6. The molecule has 1 rings (SSSR count). The standard InChI is InChI=1S/C7H14N2S.C2H4O2/c8-7(9)10-6-4-2-1-3-5-6;1-2(3)4/h6H,1-5H2,(H3,8,9);1H3,(H,3,4). The van der Waals surface area contributed by atoms with Crippen LogP contribution >= 0.6 is 11.8 Å². The summed E-state index contributed by atoms with van der Waals surface area (Å²) in [7, 11) is 0. The first-order valence-corrected chi connectivity index (χ1v) is 5.60. The van der Waals surface area contributed by atoms with Crippen molar-refractivity contribution in [2.75, 3.05) is 0 Å². The van der Waals surface area contributed by atoms with E-state index >= 15 is 0 Å². The number of carboxylic acid groups (broad SMARTS) is 1. The fourth-order valence-electron chi connectivity index (χ4n) is 1.36. The first-order chi connectivity index (χ1) is 6.52. The van der Waals surface area contributed by atoms with Crippen LogP contribution in [0.3, 0.4) is 0 Å². The second-order valence-corrected chi connectivity index (χ2v) is 4.60. The quantitative estimate of drug-likeness (QED) is 0.464. The minimum atomic E-state index is -0.833. The first-order valence-electron chi connectivity index (χ1n) is 4.72. The van der Waals surface area contributed by atoms with Crippen LogP contribution in [0.15, 0.2) is 0 Å². The number of amidine groups is 1. The van der Waals surface area contributed by atoms with Crippen LogP contribution in [0.1, 0.15) is 39.0 Å². The summed E-state index contributed by atoms with van der Waals surface area (Å²) in [5, 5.41) is 15.4. The summed E-state index contributed by atoms with van der Waals surface area (Å²) >= 11 is 1.54. The number of nitrogens with one attached hydrogen (secondary N) is 1. The van der Waals surface area contributed by atoms with E-state index in [4.69, 9.17) is 21.0 Å². The molecule has 0 aromatic carbocycles. The molecule has 0 radical (unpaired) electrons. The fraction of sp³-hybridized carbons (Fsp3) is 0.778. The smallest absolute Gasteiger partial charge is 0.300 e. The number of nitrogens with two attached hydrogens (primary N) is 1. The van der Waals surface area contributed by atoms with Gasteiger partial charge in [-0.05, 0) is 12.8 Å². The molecule has 0 aliphatic heterocycles. The Morgan fingerprint density at radius 1 is 1.43 bits per heavy atom. The first kappa shape index (κ1) is 13.3. The molecule has 1 fully saturated rings. The Labute approximate surface area is 88.8 Å². The second kappa shape index (κ2) is 7.67. The minimum absolute atomic E-state index is 0.284. The molecular weight excluding hydrogens is 200 g/mol. The molecule has 1 saturated carbocycles. The van der Waals surface area contributed by atoms with Crippen molar-refractivity contribution in [2.45, 2.75) is 44.3 Å². The molecule has 4 nitrogen and oxygen atoms in total. The summed E-state index contributed by atoms with van der Waals surface area (Å²) in [5.41, 5.74) is 5.27. The van der Waals surface area contributed by atoms with Gasteiger partial charge < -0.3 is 10.8 Å². The molecule has 0 heterocycles. The van der Waals surface area contributed by atoms with Gasteiger partial charge >= 0.3 is 0 Å². The number of carboxylic acids is 1. The third-order valence-corrected chi connectivity index (χ3v) is 2.90. The van der Waals surface area contributed by atoms with Gasteiger partial charge in [0, 0.05) is 12.2 Å². The summed E-state index contributed by atoms with van der Waals surface area (Å²) in [6.07, 6.45) is 6.53. The van der Waals surface area contributed by atoms with Crippen molar-refractivity contribution in [1.82, 2.24) is 0 Å². The highest BCUT2D eigenvalue weighted by Crippen LogP contribution is 2.27. The van der Waals surface area contributed by atoms with Crippen LogP contribution in [0.2, 0.25) is 0 Å². The minimum Gasteiger partial charge on any atom is -0.481 e. The van der Waals surface area contributed by atoms with E-state index in [2.05, 4.69) is 0 Å². The van der Waals surface area contributed by atoms with E-state index in [9.17, 15) is 0 Å². The van der Waals surface area contributed by atoms with Crippen LogP contribution in [0.25, 0.3) is 0 Å². The lowest BCUT2D eigenvalue weighted by Crippen LogP contribution is -2.15. The van der Waals surface area contributed by atoms with Crippen LogP contribution < -0.4 is 5.73 Å². The molecule has 0 bridgehead atoms. The Morgan fingerprint density at radius 3 is 2.21 bits per heavy atom. The van der Waals surface area contributed by atoms with E-state index < -0.39 is 5.97 Å². The lowest BCUT2D eigenvalue weighted by molar-refractivity contribution is -0.134. The summed E-state index contributed by atoms with van der Waals surface area (Å²) < 4.78 is 0. The van der Waals surface area contributed by atoms with Crippen molar-refractivity contribution in [2.24, 2.45) is 5.73 Å². The number of aliphatic carboxylic acids is 1. The van der Waals surface area contributed by atoms with Crippen LogP contribution in [0.4, 0.5) is 0 Å². The Bertz CT molecular complexity index is 187. The van der Waals surface area contributed by atoms with Crippen molar-refractivity contribution in [3.8, 4) is 0 Å². The SMILES string of the molecule is CC(=O)O.N=C(N)SC1CCCCC1. The van der Waals surface area contributed by atoms with E-state index in [0.717, 1.165) is 6.92 Å². The van der Waals surface area contributed by atoms with Gasteiger partial charge in [-0.2, -0.15) is 0 Å². The molecule has 4 N–H and O–H groups in total. The summed E-state index contributed by atoms with van der Waals surface area (Å²) in [6.45, 7) is 1.08. The van der Waals surface area contributed by atoms with E-state index in [0.29, 0.717) is 5.25 Å². The zero-order valence-corrected chi connectivity index (χ0v) is 9.27. The molecule has 0 amide bonds. The molecule has 82 valence electrons. The van der Waals surface area contributed by atoms with Crippen molar-refractivity contribution >= 4 is 22.9 Å². The average molecular weight is 218 g/mol. The molecule has 1 aliphatic carbocycles. The lowest BCUT2D eigenvalue weighted by atomic mass is 10.0. The highest BCUT2D eigenvalue weighted by molar-refractivity contribution is 8.14. The number of carbonyl (C=O) groups is 1. The molecule has 0 aromatic heterocycles. The highest BCUT2D eigenvalue weighted by atomic mass is 32.2. The van der Waals surface area contributed by atoms with Gasteiger partial charge in [0.1, 0.15) is 0 Å². The fourth-order valence-corrected chi connectivity index (χ4v) is 2.29. The molecule has 14 heavy (non-hydrogen) atoms. The molecule has 0 aromatic rings. The van der Waals surface area contributed by atoms with E-state index in [1.54, 1.807) is 0 Å². The summed E-state index contributed by atoms with van der Waals surface area (Å²) in [6, 6.07) is 0. The molecule has 1 aliphatic rings. The molecular formula is C9H18N2O2S. The number of thioether (sulfide) groups is 1. The van der Waals surface area contributed by atoms with Crippen LogP contribution in [-0.4, -0.2) is 21.5 Å². The molecule has 0 saturated heterocycles. The zero-order chi connectivity index (χ0) is 11.0.